The Hall–Kier alpha value is -0.790. The molecule has 0 aliphatic carbocycles. The Bertz CT molecular complexity index is 562. The minimum absolute atomic E-state index is 0.738. The van der Waals surface area contributed by atoms with Gasteiger partial charge in [0.05, 0.1) is 10.5 Å². The van der Waals surface area contributed by atoms with E-state index in [1.165, 1.54) is 0 Å². The van der Waals surface area contributed by atoms with Crippen LogP contribution in [0, 0.1) is 13.8 Å². The molecule has 1 nitrogen and oxygen atoms in total. The van der Waals surface area contributed by atoms with Gasteiger partial charge in [-0.1, -0.05) is 30.1 Å². The number of nitrogens with zero attached hydrogens (tertiary/aromatic N) is 1. The van der Waals surface area contributed by atoms with Gasteiger partial charge in [-0.2, -0.15) is 0 Å². The number of aromatic nitrogens is 1. The van der Waals surface area contributed by atoms with Crippen molar-refractivity contribution in [3.05, 3.63) is 39.0 Å². The first-order valence-electron chi connectivity index (χ1n) is 5.30. The lowest BCUT2D eigenvalue weighted by molar-refractivity contribution is 1.03. The van der Waals surface area contributed by atoms with Gasteiger partial charge in [-0.05, 0) is 43.5 Å². The van der Waals surface area contributed by atoms with Gasteiger partial charge in [0.1, 0.15) is 0 Å². The largest absolute Gasteiger partial charge is 0.252 e. The van der Waals surface area contributed by atoms with Crippen LogP contribution in [-0.4, -0.2) is 4.98 Å². The molecule has 2 aromatic rings. The molecule has 0 amide bonds. The smallest absolute Gasteiger partial charge is 0.0764 e. The average molecular weight is 254 g/mol. The molecule has 2 rings (SSSR count). The van der Waals surface area contributed by atoms with E-state index in [1.807, 2.05) is 26.0 Å². The van der Waals surface area contributed by atoms with E-state index in [1.54, 1.807) is 0 Å². The third-order valence-corrected chi connectivity index (χ3v) is 3.84. The minimum Gasteiger partial charge on any atom is -0.252 e. The zero-order chi connectivity index (χ0) is 11.9. The van der Waals surface area contributed by atoms with Crippen molar-refractivity contribution in [2.45, 2.75) is 27.2 Å². The molecule has 0 saturated heterocycles. The molecule has 0 saturated carbocycles. The van der Waals surface area contributed by atoms with Crippen LogP contribution < -0.4 is 0 Å². The van der Waals surface area contributed by atoms with Crippen molar-refractivity contribution in [3.8, 4) is 0 Å². The van der Waals surface area contributed by atoms with Crippen molar-refractivity contribution in [2.24, 2.45) is 0 Å². The molecule has 1 aromatic carbocycles. The highest BCUT2D eigenvalue weighted by atomic mass is 35.5. The maximum absolute atomic E-state index is 6.35. The van der Waals surface area contributed by atoms with E-state index < -0.39 is 0 Å². The Kier molecular flexibility index (Phi) is 3.09. The Morgan fingerprint density at radius 2 is 1.81 bits per heavy atom. The van der Waals surface area contributed by atoms with Gasteiger partial charge in [0.25, 0.3) is 0 Å². The Balaban J connectivity index is 2.93. The SMILES string of the molecule is CCc1nc2c(C)c(Cl)ccc2c(Cl)c1C. The topological polar surface area (TPSA) is 12.9 Å². The van der Waals surface area contributed by atoms with E-state index in [2.05, 4.69) is 11.9 Å². The van der Waals surface area contributed by atoms with Crippen molar-refractivity contribution in [3.63, 3.8) is 0 Å². The molecular formula is C13H13Cl2N. The summed E-state index contributed by atoms with van der Waals surface area (Å²) in [6, 6.07) is 3.81. The molecule has 0 radical (unpaired) electrons. The Labute approximate surface area is 105 Å². The van der Waals surface area contributed by atoms with Gasteiger partial charge in [-0.25, -0.2) is 0 Å². The molecule has 0 spiro atoms. The van der Waals surface area contributed by atoms with Crippen molar-refractivity contribution in [1.82, 2.24) is 4.98 Å². The number of pyridine rings is 1. The van der Waals surface area contributed by atoms with Gasteiger partial charge in [0.15, 0.2) is 0 Å². The Morgan fingerprint density at radius 1 is 1.12 bits per heavy atom. The van der Waals surface area contributed by atoms with Crippen molar-refractivity contribution in [1.29, 1.82) is 0 Å². The van der Waals surface area contributed by atoms with E-state index >= 15 is 0 Å². The summed E-state index contributed by atoms with van der Waals surface area (Å²) in [5, 5.41) is 2.52. The highest BCUT2D eigenvalue weighted by Gasteiger charge is 2.11. The maximum Gasteiger partial charge on any atom is 0.0764 e. The number of rotatable bonds is 1. The zero-order valence-corrected chi connectivity index (χ0v) is 11.1. The van der Waals surface area contributed by atoms with Gasteiger partial charge in [0.2, 0.25) is 0 Å². The summed E-state index contributed by atoms with van der Waals surface area (Å²) in [4.78, 5) is 4.65. The highest BCUT2D eigenvalue weighted by Crippen LogP contribution is 2.32. The van der Waals surface area contributed by atoms with Crippen LogP contribution in [0.3, 0.4) is 0 Å². The van der Waals surface area contributed by atoms with E-state index in [9.17, 15) is 0 Å². The van der Waals surface area contributed by atoms with Crippen LogP contribution in [0.4, 0.5) is 0 Å². The number of fused-ring (bicyclic) bond motifs is 1. The van der Waals surface area contributed by atoms with Crippen LogP contribution in [0.5, 0.6) is 0 Å². The van der Waals surface area contributed by atoms with E-state index in [0.29, 0.717) is 0 Å². The van der Waals surface area contributed by atoms with Gasteiger partial charge in [-0.3, -0.25) is 4.98 Å². The molecule has 0 fully saturated rings. The van der Waals surface area contributed by atoms with Crippen LogP contribution >= 0.6 is 23.2 Å². The van der Waals surface area contributed by atoms with Gasteiger partial charge in [0, 0.05) is 16.1 Å². The number of aryl methyl sites for hydroxylation is 2. The summed E-state index contributed by atoms with van der Waals surface area (Å²) in [6.45, 7) is 6.07. The van der Waals surface area contributed by atoms with Crippen LogP contribution in [0.15, 0.2) is 12.1 Å². The first-order chi connectivity index (χ1) is 7.56. The fourth-order valence-corrected chi connectivity index (χ4v) is 2.30. The molecule has 0 aliphatic rings. The Morgan fingerprint density at radius 3 is 2.44 bits per heavy atom. The predicted molar refractivity (Wildman–Crippen MR) is 70.6 cm³/mol. The molecule has 16 heavy (non-hydrogen) atoms. The number of benzene rings is 1. The number of hydrogen-bond donors (Lipinski definition) is 0. The second-order valence-electron chi connectivity index (χ2n) is 3.92. The third-order valence-electron chi connectivity index (χ3n) is 2.95. The maximum atomic E-state index is 6.35. The zero-order valence-electron chi connectivity index (χ0n) is 9.56. The number of hydrogen-bond acceptors (Lipinski definition) is 1. The normalized spacial score (nSPS) is 11.1. The molecule has 3 heteroatoms. The molecule has 1 aromatic heterocycles. The molecule has 84 valence electrons. The first kappa shape index (κ1) is 11.7. The van der Waals surface area contributed by atoms with Crippen molar-refractivity contribution >= 4 is 34.1 Å². The summed E-state index contributed by atoms with van der Waals surface area (Å²) >= 11 is 12.4. The molecule has 0 bridgehead atoms. The summed E-state index contributed by atoms with van der Waals surface area (Å²) in [6.07, 6.45) is 0.882. The highest BCUT2D eigenvalue weighted by molar-refractivity contribution is 6.37. The lowest BCUT2D eigenvalue weighted by Gasteiger charge is -2.11. The molecular weight excluding hydrogens is 241 g/mol. The average Bonchev–Trinajstić information content (AvgIpc) is 2.28. The first-order valence-corrected chi connectivity index (χ1v) is 6.05. The third kappa shape index (κ3) is 1.68. The van der Waals surface area contributed by atoms with Crippen molar-refractivity contribution < 1.29 is 0 Å². The standard InChI is InChI=1S/C13H13Cl2N/c1-4-11-8(3)12(15)9-5-6-10(14)7(2)13(9)16-11/h5-6H,4H2,1-3H3. The lowest BCUT2D eigenvalue weighted by Crippen LogP contribution is -1.96. The monoisotopic (exact) mass is 253 g/mol. The van der Waals surface area contributed by atoms with Gasteiger partial charge < -0.3 is 0 Å². The van der Waals surface area contributed by atoms with E-state index in [4.69, 9.17) is 23.2 Å². The number of halogens is 2. The molecule has 0 aliphatic heterocycles. The minimum atomic E-state index is 0.738. The fraction of sp³-hybridized carbons (Fsp3) is 0.308. The lowest BCUT2D eigenvalue weighted by atomic mass is 10.1. The summed E-state index contributed by atoms with van der Waals surface area (Å²) in [5.41, 5.74) is 4.02. The van der Waals surface area contributed by atoms with Gasteiger partial charge in [-0.15, -0.1) is 0 Å². The van der Waals surface area contributed by atoms with Crippen LogP contribution in [0.2, 0.25) is 10.0 Å². The van der Waals surface area contributed by atoms with Crippen LogP contribution in [0.25, 0.3) is 10.9 Å². The summed E-state index contributed by atoms with van der Waals surface area (Å²) < 4.78 is 0. The second kappa shape index (κ2) is 4.23. The van der Waals surface area contributed by atoms with E-state index in [0.717, 1.165) is 44.2 Å². The van der Waals surface area contributed by atoms with Gasteiger partial charge >= 0.3 is 0 Å². The molecule has 0 atom stereocenters. The van der Waals surface area contributed by atoms with E-state index in [-0.39, 0.29) is 0 Å². The summed E-state index contributed by atoms with van der Waals surface area (Å²) in [5.74, 6) is 0. The quantitative estimate of drug-likeness (QED) is 0.717. The molecule has 0 unspecified atom stereocenters. The van der Waals surface area contributed by atoms with Crippen LogP contribution in [0.1, 0.15) is 23.7 Å². The second-order valence-corrected chi connectivity index (χ2v) is 4.70. The summed E-state index contributed by atoms with van der Waals surface area (Å²) in [7, 11) is 0. The molecule has 1 heterocycles. The van der Waals surface area contributed by atoms with Crippen molar-refractivity contribution in [2.75, 3.05) is 0 Å². The molecule has 0 N–H and O–H groups in total. The van der Waals surface area contributed by atoms with Crippen LogP contribution in [-0.2, 0) is 6.42 Å². The fourth-order valence-electron chi connectivity index (χ4n) is 1.89. The predicted octanol–water partition coefficient (Wildman–Crippen LogP) is 4.72.